The molecule has 0 bridgehead atoms. The Morgan fingerprint density at radius 1 is 1.35 bits per heavy atom. The van der Waals surface area contributed by atoms with Gasteiger partial charge in [-0.15, -0.1) is 0 Å². The van der Waals surface area contributed by atoms with E-state index in [2.05, 4.69) is 20.9 Å². The molecule has 1 N–H and O–H groups in total. The number of sulfonamides is 1. The smallest absolute Gasteiger partial charge is 0.244 e. The Morgan fingerprint density at radius 3 is 2.59 bits per heavy atom. The van der Waals surface area contributed by atoms with Gasteiger partial charge in [0.25, 0.3) is 0 Å². The summed E-state index contributed by atoms with van der Waals surface area (Å²) in [5.41, 5.74) is 0. The first-order chi connectivity index (χ1) is 8.00. The van der Waals surface area contributed by atoms with E-state index in [4.69, 9.17) is 0 Å². The van der Waals surface area contributed by atoms with Crippen molar-refractivity contribution >= 4 is 26.0 Å². The van der Waals surface area contributed by atoms with Crippen molar-refractivity contribution in [3.05, 3.63) is 22.9 Å². The van der Waals surface area contributed by atoms with Gasteiger partial charge in [-0.3, -0.25) is 4.98 Å². The number of aromatic nitrogens is 1. The Balaban J connectivity index is 2.25. The molecule has 1 saturated heterocycles. The minimum Gasteiger partial charge on any atom is -0.393 e. The molecular formula is C10H13BrN2O3S. The molecule has 0 saturated carbocycles. The summed E-state index contributed by atoms with van der Waals surface area (Å²) >= 11 is 3.20. The maximum absolute atomic E-state index is 12.2. The molecule has 0 atom stereocenters. The highest BCUT2D eigenvalue weighted by Crippen LogP contribution is 2.22. The van der Waals surface area contributed by atoms with E-state index in [1.165, 1.54) is 16.6 Å². The summed E-state index contributed by atoms with van der Waals surface area (Å²) in [4.78, 5) is 4.04. The summed E-state index contributed by atoms with van der Waals surface area (Å²) in [6.07, 6.45) is 3.47. The van der Waals surface area contributed by atoms with Crippen molar-refractivity contribution in [3.63, 3.8) is 0 Å². The van der Waals surface area contributed by atoms with Crippen LogP contribution in [0.5, 0.6) is 0 Å². The van der Waals surface area contributed by atoms with Crippen LogP contribution in [0.25, 0.3) is 0 Å². The Bertz CT molecular complexity index is 498. The molecule has 5 nitrogen and oxygen atoms in total. The quantitative estimate of drug-likeness (QED) is 0.882. The van der Waals surface area contributed by atoms with Crippen LogP contribution in [0, 0.1) is 0 Å². The largest absolute Gasteiger partial charge is 0.393 e. The van der Waals surface area contributed by atoms with Crippen LogP contribution in [0.15, 0.2) is 27.8 Å². The van der Waals surface area contributed by atoms with E-state index in [0.29, 0.717) is 30.4 Å². The molecule has 0 radical (unpaired) electrons. The third-order valence-electron chi connectivity index (χ3n) is 2.74. The average molecular weight is 321 g/mol. The van der Waals surface area contributed by atoms with E-state index in [1.807, 2.05) is 0 Å². The first-order valence-electron chi connectivity index (χ1n) is 5.29. The van der Waals surface area contributed by atoms with Gasteiger partial charge in [0.2, 0.25) is 10.0 Å². The fourth-order valence-corrected chi connectivity index (χ4v) is 3.74. The van der Waals surface area contributed by atoms with Gasteiger partial charge in [0, 0.05) is 30.0 Å². The molecule has 1 aliphatic rings. The second-order valence-electron chi connectivity index (χ2n) is 3.97. The molecule has 2 rings (SSSR count). The topological polar surface area (TPSA) is 70.5 Å². The standard InChI is InChI=1S/C10H13BrN2O3S/c11-8-5-10(7-12-6-8)17(15,16)13-3-1-9(14)2-4-13/h5-7,9,14H,1-4H2. The zero-order valence-corrected chi connectivity index (χ0v) is 11.5. The molecule has 2 heterocycles. The molecule has 0 aliphatic carbocycles. The second-order valence-corrected chi connectivity index (χ2v) is 6.83. The summed E-state index contributed by atoms with van der Waals surface area (Å²) in [5, 5.41) is 9.37. The van der Waals surface area contributed by atoms with Crippen LogP contribution in [0.3, 0.4) is 0 Å². The highest BCUT2D eigenvalue weighted by atomic mass is 79.9. The Morgan fingerprint density at radius 2 is 2.00 bits per heavy atom. The molecular weight excluding hydrogens is 308 g/mol. The van der Waals surface area contributed by atoms with Gasteiger partial charge in [-0.25, -0.2) is 8.42 Å². The normalized spacial score (nSPS) is 19.4. The lowest BCUT2D eigenvalue weighted by molar-refractivity contribution is 0.113. The zero-order chi connectivity index (χ0) is 12.5. The van der Waals surface area contributed by atoms with Crippen LogP contribution < -0.4 is 0 Å². The number of aliphatic hydroxyl groups excluding tert-OH is 1. The molecule has 94 valence electrons. The predicted octanol–water partition coefficient (Wildman–Crippen LogP) is 0.990. The number of hydrogen-bond acceptors (Lipinski definition) is 4. The van der Waals surface area contributed by atoms with Gasteiger partial charge < -0.3 is 5.11 Å². The second kappa shape index (κ2) is 5.01. The number of rotatable bonds is 2. The van der Waals surface area contributed by atoms with E-state index < -0.39 is 10.0 Å². The Kier molecular flexibility index (Phi) is 3.82. The van der Waals surface area contributed by atoms with Gasteiger partial charge >= 0.3 is 0 Å². The molecule has 7 heteroatoms. The lowest BCUT2D eigenvalue weighted by Gasteiger charge is -2.28. The summed E-state index contributed by atoms with van der Waals surface area (Å²) in [6.45, 7) is 0.714. The summed E-state index contributed by atoms with van der Waals surface area (Å²) in [5.74, 6) is 0. The monoisotopic (exact) mass is 320 g/mol. The van der Waals surface area contributed by atoms with Gasteiger partial charge in [0.1, 0.15) is 4.90 Å². The summed E-state index contributed by atoms with van der Waals surface area (Å²) in [6, 6.07) is 1.54. The van der Waals surface area contributed by atoms with Crippen LogP contribution in [-0.4, -0.2) is 42.0 Å². The number of piperidine rings is 1. The van der Waals surface area contributed by atoms with E-state index in [1.54, 1.807) is 6.20 Å². The molecule has 1 aromatic heterocycles. The van der Waals surface area contributed by atoms with Crippen LogP contribution in [0.1, 0.15) is 12.8 Å². The third-order valence-corrected chi connectivity index (χ3v) is 5.04. The first kappa shape index (κ1) is 12.9. The first-order valence-corrected chi connectivity index (χ1v) is 7.52. The molecule has 1 aliphatic heterocycles. The minimum atomic E-state index is -3.48. The fraction of sp³-hybridized carbons (Fsp3) is 0.500. The minimum absolute atomic E-state index is 0.184. The van der Waals surface area contributed by atoms with Crippen molar-refractivity contribution < 1.29 is 13.5 Å². The lowest BCUT2D eigenvalue weighted by atomic mass is 10.1. The average Bonchev–Trinajstić information content (AvgIpc) is 2.29. The Labute approximate surface area is 109 Å². The van der Waals surface area contributed by atoms with Crippen LogP contribution in [0.2, 0.25) is 0 Å². The number of aliphatic hydroxyl groups is 1. The zero-order valence-electron chi connectivity index (χ0n) is 9.08. The molecule has 1 fully saturated rings. The molecule has 0 unspecified atom stereocenters. The van der Waals surface area contributed by atoms with Crippen molar-refractivity contribution in [1.82, 2.24) is 9.29 Å². The van der Waals surface area contributed by atoms with Gasteiger partial charge in [-0.2, -0.15) is 4.31 Å². The molecule has 0 spiro atoms. The highest BCUT2D eigenvalue weighted by Gasteiger charge is 2.28. The SMILES string of the molecule is O=S(=O)(c1cncc(Br)c1)N1CCC(O)CC1. The van der Waals surface area contributed by atoms with E-state index >= 15 is 0 Å². The van der Waals surface area contributed by atoms with Crippen LogP contribution in [-0.2, 0) is 10.0 Å². The fourth-order valence-electron chi connectivity index (χ4n) is 1.77. The summed E-state index contributed by atoms with van der Waals surface area (Å²) in [7, 11) is -3.48. The van der Waals surface area contributed by atoms with Crippen molar-refractivity contribution in [2.75, 3.05) is 13.1 Å². The molecule has 0 amide bonds. The highest BCUT2D eigenvalue weighted by molar-refractivity contribution is 9.10. The summed E-state index contributed by atoms with van der Waals surface area (Å²) < 4.78 is 26.5. The van der Waals surface area contributed by atoms with Crippen molar-refractivity contribution in [1.29, 1.82) is 0 Å². The molecule has 17 heavy (non-hydrogen) atoms. The number of halogens is 1. The molecule has 1 aromatic rings. The van der Waals surface area contributed by atoms with Crippen LogP contribution in [0.4, 0.5) is 0 Å². The third kappa shape index (κ3) is 2.85. The van der Waals surface area contributed by atoms with Crippen molar-refractivity contribution in [2.24, 2.45) is 0 Å². The lowest BCUT2D eigenvalue weighted by Crippen LogP contribution is -2.40. The van der Waals surface area contributed by atoms with Crippen LogP contribution >= 0.6 is 15.9 Å². The van der Waals surface area contributed by atoms with E-state index in [-0.39, 0.29) is 11.0 Å². The van der Waals surface area contributed by atoms with Gasteiger partial charge in [-0.1, -0.05) is 0 Å². The number of nitrogens with zero attached hydrogens (tertiary/aromatic N) is 2. The maximum atomic E-state index is 12.2. The van der Waals surface area contributed by atoms with Crippen molar-refractivity contribution in [3.8, 4) is 0 Å². The van der Waals surface area contributed by atoms with E-state index in [9.17, 15) is 13.5 Å². The number of hydrogen-bond donors (Lipinski definition) is 1. The van der Waals surface area contributed by atoms with Gasteiger partial charge in [0.15, 0.2) is 0 Å². The Hall–Kier alpha value is -0.500. The van der Waals surface area contributed by atoms with Crippen molar-refractivity contribution in [2.45, 2.75) is 23.8 Å². The maximum Gasteiger partial charge on any atom is 0.244 e. The van der Waals surface area contributed by atoms with E-state index in [0.717, 1.165) is 0 Å². The predicted molar refractivity (Wildman–Crippen MR) is 65.9 cm³/mol. The number of pyridine rings is 1. The molecule has 0 aromatic carbocycles. The van der Waals surface area contributed by atoms with Gasteiger partial charge in [0.05, 0.1) is 6.10 Å². The van der Waals surface area contributed by atoms with Gasteiger partial charge in [-0.05, 0) is 34.8 Å².